The van der Waals surface area contributed by atoms with Crippen LogP contribution in [0.15, 0.2) is 39.5 Å². The van der Waals surface area contributed by atoms with Crippen molar-refractivity contribution in [3.8, 4) is 17.2 Å². The zero-order valence-electron chi connectivity index (χ0n) is 18.7. The van der Waals surface area contributed by atoms with E-state index >= 15 is 0 Å². The minimum absolute atomic E-state index is 0.0608. The van der Waals surface area contributed by atoms with Gasteiger partial charge in [0, 0.05) is 0 Å². The summed E-state index contributed by atoms with van der Waals surface area (Å²) in [5.74, 6) is -2.50. The third-order valence-electron chi connectivity index (χ3n) is 6.01. The van der Waals surface area contributed by atoms with Gasteiger partial charge in [-0.15, -0.1) is 0 Å². The molecule has 9 heteroatoms. The van der Waals surface area contributed by atoms with E-state index in [9.17, 15) is 23.1 Å². The van der Waals surface area contributed by atoms with Gasteiger partial charge in [0.1, 0.15) is 44.2 Å². The maximum Gasteiger partial charge on any atom is 0.453 e. The average Bonchev–Trinajstić information content (AvgIpc) is 2.72. The Morgan fingerprint density at radius 2 is 1.70 bits per heavy atom. The summed E-state index contributed by atoms with van der Waals surface area (Å²) in [5.41, 5.74) is 0.587. The van der Waals surface area contributed by atoms with Crippen molar-refractivity contribution >= 4 is 11.0 Å². The van der Waals surface area contributed by atoms with Gasteiger partial charge in [-0.05, 0) is 49.2 Å². The molecule has 0 radical (unpaired) electrons. The lowest BCUT2D eigenvalue weighted by molar-refractivity contribution is -1.01. The summed E-state index contributed by atoms with van der Waals surface area (Å²) >= 11 is 0. The second-order valence-corrected chi connectivity index (χ2v) is 8.84. The molecule has 176 valence electrons. The molecule has 0 amide bonds. The Morgan fingerprint density at radius 1 is 1.06 bits per heavy atom. The van der Waals surface area contributed by atoms with E-state index in [1.807, 2.05) is 6.07 Å². The lowest BCUT2D eigenvalue weighted by Gasteiger charge is -2.27. The molecule has 6 nitrogen and oxygen atoms in total. The Hall–Kier alpha value is -3.04. The molecule has 1 aliphatic heterocycles. The third-order valence-corrected chi connectivity index (χ3v) is 6.01. The number of fused-ring (bicyclic) bond motifs is 1. The molecule has 0 atom stereocenters. The Morgan fingerprint density at radius 3 is 2.30 bits per heavy atom. The van der Waals surface area contributed by atoms with Crippen molar-refractivity contribution in [2.24, 2.45) is 0 Å². The van der Waals surface area contributed by atoms with Crippen molar-refractivity contribution in [3.05, 3.63) is 63.0 Å². The van der Waals surface area contributed by atoms with Crippen LogP contribution in [0.3, 0.4) is 0 Å². The number of quaternary nitrogens is 2. The first-order chi connectivity index (χ1) is 15.5. The number of aryl methyl sites for hydroxylation is 2. The molecule has 1 aliphatic rings. The van der Waals surface area contributed by atoms with Gasteiger partial charge in [-0.1, -0.05) is 6.07 Å². The molecule has 3 N–H and O–H groups in total. The van der Waals surface area contributed by atoms with Crippen molar-refractivity contribution in [2.75, 3.05) is 33.2 Å². The molecule has 1 aromatic heterocycles. The summed E-state index contributed by atoms with van der Waals surface area (Å²) in [6.45, 7) is 7.24. The van der Waals surface area contributed by atoms with E-state index in [2.05, 4.69) is 7.05 Å². The van der Waals surface area contributed by atoms with Gasteiger partial charge in [-0.3, -0.25) is 4.79 Å². The lowest BCUT2D eigenvalue weighted by atomic mass is 10.1. The van der Waals surface area contributed by atoms with E-state index in [-0.39, 0.29) is 34.6 Å². The summed E-state index contributed by atoms with van der Waals surface area (Å²) < 4.78 is 52.7. The molecule has 0 aliphatic carbocycles. The van der Waals surface area contributed by atoms with Crippen LogP contribution in [0.4, 0.5) is 13.2 Å². The molecule has 0 unspecified atom stereocenters. The normalized spacial score (nSPS) is 19.1. The highest BCUT2D eigenvalue weighted by molar-refractivity contribution is 5.83. The maximum absolute atomic E-state index is 14.0. The molecule has 0 saturated carbocycles. The number of phenolic OH excluding ortho intramolecular Hbond substituents is 1. The van der Waals surface area contributed by atoms with Crippen molar-refractivity contribution < 1.29 is 37.2 Å². The van der Waals surface area contributed by atoms with Crippen LogP contribution in [0.2, 0.25) is 0 Å². The van der Waals surface area contributed by atoms with Gasteiger partial charge in [-0.25, -0.2) is 0 Å². The topological polar surface area (TPSA) is 68.6 Å². The standard InChI is InChI=1S/C24H25F3N2O4/c1-14-10-15(2)12-16(11-14)32-22-20(31)17-4-5-19(30)18(13-29-8-6-28(3)7-9-29)21(17)33-23(22)24(25,26)27/h4-5,10-12,30H,6-9,13H2,1-3H3/p+2. The molecule has 4 rings (SSSR count). The fourth-order valence-electron chi connectivity index (χ4n) is 4.30. The van der Waals surface area contributed by atoms with Crippen molar-refractivity contribution in [1.29, 1.82) is 0 Å². The average molecular weight is 464 g/mol. The van der Waals surface area contributed by atoms with Crippen molar-refractivity contribution in [3.63, 3.8) is 0 Å². The van der Waals surface area contributed by atoms with Gasteiger partial charge in [0.15, 0.2) is 5.58 Å². The smallest absolute Gasteiger partial charge is 0.453 e. The fourth-order valence-corrected chi connectivity index (χ4v) is 4.30. The molecule has 33 heavy (non-hydrogen) atoms. The first kappa shape index (κ1) is 23.1. The number of rotatable bonds is 4. The van der Waals surface area contributed by atoms with Crippen molar-refractivity contribution in [2.45, 2.75) is 26.6 Å². The highest BCUT2D eigenvalue weighted by Crippen LogP contribution is 2.40. The zero-order valence-corrected chi connectivity index (χ0v) is 18.7. The van der Waals surface area contributed by atoms with Crippen LogP contribution in [0.5, 0.6) is 17.2 Å². The second kappa shape index (κ2) is 8.72. The number of likely N-dealkylation sites (N-methyl/N-ethyl adjacent to an activating group) is 1. The van der Waals surface area contributed by atoms with Gasteiger partial charge in [0.05, 0.1) is 18.0 Å². The van der Waals surface area contributed by atoms with Crippen LogP contribution >= 0.6 is 0 Å². The predicted molar refractivity (Wildman–Crippen MR) is 116 cm³/mol. The number of halogens is 3. The van der Waals surface area contributed by atoms with Gasteiger partial charge < -0.3 is 24.1 Å². The van der Waals surface area contributed by atoms with Gasteiger partial charge in [-0.2, -0.15) is 13.2 Å². The van der Waals surface area contributed by atoms with Crippen LogP contribution in [0, 0.1) is 13.8 Å². The highest BCUT2D eigenvalue weighted by Gasteiger charge is 2.41. The maximum atomic E-state index is 14.0. The van der Waals surface area contributed by atoms with Crippen LogP contribution < -0.4 is 20.0 Å². The summed E-state index contributed by atoms with van der Waals surface area (Å²) in [7, 11) is 2.08. The number of benzene rings is 2. The molecular weight excluding hydrogens is 437 g/mol. The predicted octanol–water partition coefficient (Wildman–Crippen LogP) is 1.84. The first-order valence-electron chi connectivity index (χ1n) is 10.8. The molecule has 2 heterocycles. The fraction of sp³-hybridized carbons (Fsp3) is 0.375. The number of aromatic hydroxyl groups is 1. The molecule has 3 aromatic rings. The molecule has 2 aromatic carbocycles. The summed E-state index contributed by atoms with van der Waals surface area (Å²) in [6.07, 6.45) is -4.96. The molecule has 0 bridgehead atoms. The Labute approximate surface area is 188 Å². The Balaban J connectivity index is 1.85. The number of hydrogen-bond donors (Lipinski definition) is 3. The number of alkyl halides is 3. The summed E-state index contributed by atoms with van der Waals surface area (Å²) in [4.78, 5) is 15.7. The molecule has 1 fully saturated rings. The molecule has 1 saturated heterocycles. The van der Waals surface area contributed by atoms with E-state index in [0.29, 0.717) is 0 Å². The lowest BCUT2D eigenvalue weighted by Crippen LogP contribution is -3.26. The summed E-state index contributed by atoms with van der Waals surface area (Å²) in [5, 5.41) is 10.4. The minimum Gasteiger partial charge on any atom is -0.507 e. The third kappa shape index (κ3) is 4.84. The van der Waals surface area contributed by atoms with E-state index in [1.165, 1.54) is 17.0 Å². The summed E-state index contributed by atoms with van der Waals surface area (Å²) in [6, 6.07) is 7.55. The van der Waals surface area contributed by atoms with E-state index in [0.717, 1.165) is 42.2 Å². The van der Waals surface area contributed by atoms with Crippen LogP contribution in [-0.4, -0.2) is 38.3 Å². The quantitative estimate of drug-likeness (QED) is 0.551. The Bertz CT molecular complexity index is 1220. The first-order valence-corrected chi connectivity index (χ1v) is 10.8. The highest BCUT2D eigenvalue weighted by atomic mass is 19.4. The number of nitrogens with one attached hydrogen (secondary N) is 2. The number of phenols is 1. The van der Waals surface area contributed by atoms with Gasteiger partial charge >= 0.3 is 6.18 Å². The number of hydrogen-bond acceptors (Lipinski definition) is 4. The number of ether oxygens (including phenoxy) is 1. The van der Waals surface area contributed by atoms with E-state index in [4.69, 9.17) is 9.15 Å². The van der Waals surface area contributed by atoms with Gasteiger partial charge in [0.25, 0.3) is 5.76 Å². The monoisotopic (exact) mass is 464 g/mol. The molecule has 0 spiro atoms. The van der Waals surface area contributed by atoms with Crippen LogP contribution in [0.25, 0.3) is 11.0 Å². The minimum atomic E-state index is -4.96. The van der Waals surface area contributed by atoms with Crippen molar-refractivity contribution in [1.82, 2.24) is 0 Å². The van der Waals surface area contributed by atoms with Gasteiger partial charge in [0.2, 0.25) is 11.2 Å². The zero-order chi connectivity index (χ0) is 23.9. The largest absolute Gasteiger partial charge is 0.507 e. The second-order valence-electron chi connectivity index (χ2n) is 8.84. The SMILES string of the molecule is Cc1cc(C)cc(Oc2c(C(F)(F)F)oc3c(C[NH+]4CC[NH+](C)CC4)c(O)ccc3c2=O)c1. The van der Waals surface area contributed by atoms with Crippen LogP contribution in [0.1, 0.15) is 22.5 Å². The molecular formula is C24H27F3N2O4+2. The van der Waals surface area contributed by atoms with E-state index < -0.39 is 23.1 Å². The number of piperazine rings is 1. The van der Waals surface area contributed by atoms with E-state index in [1.54, 1.807) is 26.0 Å². The van der Waals surface area contributed by atoms with Crippen LogP contribution in [-0.2, 0) is 12.7 Å². The Kier molecular flexibility index (Phi) is 6.11.